The van der Waals surface area contributed by atoms with Crippen molar-refractivity contribution in [3.8, 4) is 11.5 Å². The van der Waals surface area contributed by atoms with Crippen molar-refractivity contribution >= 4 is 15.9 Å². The number of nitrogens with one attached hydrogen (secondary N) is 1. The van der Waals surface area contributed by atoms with E-state index in [0.717, 1.165) is 11.3 Å². The highest BCUT2D eigenvalue weighted by Gasteiger charge is 2.22. The number of benzene rings is 2. The van der Waals surface area contributed by atoms with Crippen LogP contribution < -0.4 is 14.8 Å². The zero-order valence-corrected chi connectivity index (χ0v) is 19.0. The Bertz CT molecular complexity index is 954. The lowest BCUT2D eigenvalue weighted by Gasteiger charge is -2.19. The van der Waals surface area contributed by atoms with Crippen LogP contribution in [0.3, 0.4) is 0 Å². The fourth-order valence-electron chi connectivity index (χ4n) is 3.06. The van der Waals surface area contributed by atoms with Crippen molar-refractivity contribution < 1.29 is 22.7 Å². The number of rotatable bonds is 10. The Morgan fingerprint density at radius 1 is 1.10 bits per heavy atom. The summed E-state index contributed by atoms with van der Waals surface area (Å²) in [5.41, 5.74) is 1.60. The number of aryl methyl sites for hydroxylation is 1. The molecule has 7 nitrogen and oxygen atoms in total. The van der Waals surface area contributed by atoms with Crippen LogP contribution in [0.15, 0.2) is 47.4 Å². The molecule has 0 spiro atoms. The molecule has 164 valence electrons. The van der Waals surface area contributed by atoms with Crippen molar-refractivity contribution in [3.05, 3.63) is 53.6 Å². The largest absolute Gasteiger partial charge is 0.497 e. The van der Waals surface area contributed by atoms with Gasteiger partial charge in [0.1, 0.15) is 11.5 Å². The predicted molar refractivity (Wildman–Crippen MR) is 116 cm³/mol. The maximum Gasteiger partial charge on any atom is 0.258 e. The third kappa shape index (κ3) is 5.73. The van der Waals surface area contributed by atoms with Gasteiger partial charge in [0.05, 0.1) is 18.0 Å². The van der Waals surface area contributed by atoms with E-state index in [2.05, 4.69) is 5.32 Å². The number of hydrogen-bond acceptors (Lipinski definition) is 5. The molecule has 1 amide bonds. The first-order valence-corrected chi connectivity index (χ1v) is 11.3. The quantitative estimate of drug-likeness (QED) is 0.620. The van der Waals surface area contributed by atoms with Gasteiger partial charge >= 0.3 is 0 Å². The fourth-order valence-corrected chi connectivity index (χ4v) is 4.60. The molecule has 1 N–H and O–H groups in total. The molecule has 0 radical (unpaired) electrons. The van der Waals surface area contributed by atoms with Crippen LogP contribution in [0.4, 0.5) is 0 Å². The zero-order valence-electron chi connectivity index (χ0n) is 18.1. The molecular formula is C22H30N2O5S. The summed E-state index contributed by atoms with van der Waals surface area (Å²) >= 11 is 0. The van der Waals surface area contributed by atoms with Gasteiger partial charge in [0.25, 0.3) is 5.91 Å². The van der Waals surface area contributed by atoms with Gasteiger partial charge in [-0.2, -0.15) is 4.31 Å². The number of sulfonamides is 1. The van der Waals surface area contributed by atoms with Gasteiger partial charge < -0.3 is 14.8 Å². The van der Waals surface area contributed by atoms with Gasteiger partial charge in [0.2, 0.25) is 10.0 Å². The molecule has 0 aliphatic heterocycles. The zero-order chi connectivity index (χ0) is 22.3. The van der Waals surface area contributed by atoms with E-state index in [4.69, 9.17) is 9.47 Å². The summed E-state index contributed by atoms with van der Waals surface area (Å²) in [7, 11) is -1.93. The average molecular weight is 435 g/mol. The lowest BCUT2D eigenvalue weighted by atomic mass is 10.1. The molecule has 0 aliphatic carbocycles. The number of nitrogens with zero attached hydrogens (tertiary/aromatic N) is 1. The second kappa shape index (κ2) is 10.4. The number of amides is 1. The molecule has 0 heterocycles. The summed E-state index contributed by atoms with van der Waals surface area (Å²) in [6.45, 7) is 7.90. The lowest BCUT2D eigenvalue weighted by molar-refractivity contribution is -0.123. The van der Waals surface area contributed by atoms with Crippen LogP contribution in [0.25, 0.3) is 0 Å². The van der Waals surface area contributed by atoms with Crippen LogP contribution in [0.5, 0.6) is 11.5 Å². The second-order valence-electron chi connectivity index (χ2n) is 6.87. The third-order valence-corrected chi connectivity index (χ3v) is 6.89. The van der Waals surface area contributed by atoms with Crippen molar-refractivity contribution in [1.29, 1.82) is 0 Å². The number of carbonyl (C=O) groups excluding carboxylic acids is 1. The predicted octanol–water partition coefficient (Wildman–Crippen LogP) is 3.29. The summed E-state index contributed by atoms with van der Waals surface area (Å²) in [4.78, 5) is 12.5. The molecule has 2 aromatic rings. The maximum absolute atomic E-state index is 12.6. The molecular weight excluding hydrogens is 404 g/mol. The molecule has 0 saturated carbocycles. The Morgan fingerprint density at radius 3 is 2.27 bits per heavy atom. The van der Waals surface area contributed by atoms with Gasteiger partial charge in [0.15, 0.2) is 6.61 Å². The molecule has 2 rings (SSSR count). The van der Waals surface area contributed by atoms with Gasteiger partial charge in [-0.1, -0.05) is 26.0 Å². The van der Waals surface area contributed by atoms with Crippen molar-refractivity contribution in [2.24, 2.45) is 0 Å². The Kier molecular flexibility index (Phi) is 8.25. The van der Waals surface area contributed by atoms with E-state index < -0.39 is 10.0 Å². The van der Waals surface area contributed by atoms with Gasteiger partial charge in [-0.15, -0.1) is 0 Å². The Balaban J connectivity index is 1.99. The first kappa shape index (κ1) is 23.7. The summed E-state index contributed by atoms with van der Waals surface area (Å²) in [6, 6.07) is 11.9. The molecule has 0 saturated heterocycles. The third-order valence-electron chi connectivity index (χ3n) is 4.84. The minimum absolute atomic E-state index is 0.163. The van der Waals surface area contributed by atoms with E-state index in [0.29, 0.717) is 24.4 Å². The number of ether oxygens (including phenoxy) is 2. The standard InChI is InChI=1S/C22H30N2O5S/c1-6-24(7-2)30(26,27)20-12-13-21(16(3)14-20)29-15-22(25)23-17(4)18-8-10-19(28-5)11-9-18/h8-14,17H,6-7,15H2,1-5H3,(H,23,25)/t17-/m0/s1. The van der Waals surface area contributed by atoms with E-state index in [9.17, 15) is 13.2 Å². The van der Waals surface area contributed by atoms with Gasteiger partial charge in [-0.25, -0.2) is 8.42 Å². The van der Waals surface area contributed by atoms with Crippen LogP contribution in [-0.4, -0.2) is 45.4 Å². The monoisotopic (exact) mass is 434 g/mol. The topological polar surface area (TPSA) is 84.9 Å². The summed E-state index contributed by atoms with van der Waals surface area (Å²) < 4.78 is 37.4. The Labute approximate surface area is 179 Å². The Hall–Kier alpha value is -2.58. The molecule has 0 aromatic heterocycles. The van der Waals surface area contributed by atoms with Crippen molar-refractivity contribution in [2.75, 3.05) is 26.8 Å². The highest BCUT2D eigenvalue weighted by atomic mass is 32.2. The van der Waals surface area contributed by atoms with Crippen LogP contribution in [0.1, 0.15) is 37.9 Å². The first-order valence-electron chi connectivity index (χ1n) is 9.89. The summed E-state index contributed by atoms with van der Waals surface area (Å²) in [6.07, 6.45) is 0. The van der Waals surface area contributed by atoms with Gasteiger partial charge in [-0.05, 0) is 55.3 Å². The normalized spacial score (nSPS) is 12.5. The number of hydrogen-bond donors (Lipinski definition) is 1. The SMILES string of the molecule is CCN(CC)S(=O)(=O)c1ccc(OCC(=O)N[C@@H](C)c2ccc(OC)cc2)c(C)c1. The number of carbonyl (C=O) groups is 1. The molecule has 8 heteroatoms. The van der Waals surface area contributed by atoms with E-state index >= 15 is 0 Å². The highest BCUT2D eigenvalue weighted by Crippen LogP contribution is 2.24. The van der Waals surface area contributed by atoms with Crippen LogP contribution in [-0.2, 0) is 14.8 Å². The van der Waals surface area contributed by atoms with Crippen LogP contribution in [0, 0.1) is 6.92 Å². The molecule has 0 unspecified atom stereocenters. The fraction of sp³-hybridized carbons (Fsp3) is 0.409. The highest BCUT2D eigenvalue weighted by molar-refractivity contribution is 7.89. The average Bonchev–Trinajstić information content (AvgIpc) is 2.73. The molecule has 1 atom stereocenters. The molecule has 0 aliphatic rings. The summed E-state index contributed by atoms with van der Waals surface area (Å²) in [5, 5.41) is 2.88. The van der Waals surface area contributed by atoms with Gasteiger partial charge in [0, 0.05) is 13.1 Å². The van der Waals surface area contributed by atoms with E-state index in [1.165, 1.54) is 10.4 Å². The van der Waals surface area contributed by atoms with E-state index in [1.807, 2.05) is 31.2 Å². The van der Waals surface area contributed by atoms with E-state index in [-0.39, 0.29) is 23.5 Å². The molecule has 0 fully saturated rings. The van der Waals surface area contributed by atoms with Crippen molar-refractivity contribution in [3.63, 3.8) is 0 Å². The number of methoxy groups -OCH3 is 1. The summed E-state index contributed by atoms with van der Waals surface area (Å²) in [5.74, 6) is 0.959. The van der Waals surface area contributed by atoms with Crippen molar-refractivity contribution in [2.45, 2.75) is 38.6 Å². The smallest absolute Gasteiger partial charge is 0.258 e. The molecule has 30 heavy (non-hydrogen) atoms. The second-order valence-corrected chi connectivity index (χ2v) is 8.81. The first-order chi connectivity index (χ1) is 14.2. The van der Waals surface area contributed by atoms with E-state index in [1.54, 1.807) is 40.0 Å². The lowest BCUT2D eigenvalue weighted by Crippen LogP contribution is -2.31. The minimum atomic E-state index is -3.53. The van der Waals surface area contributed by atoms with Crippen LogP contribution in [0.2, 0.25) is 0 Å². The van der Waals surface area contributed by atoms with Crippen molar-refractivity contribution in [1.82, 2.24) is 9.62 Å². The molecule has 0 bridgehead atoms. The van der Waals surface area contributed by atoms with Gasteiger partial charge in [-0.3, -0.25) is 4.79 Å². The minimum Gasteiger partial charge on any atom is -0.497 e. The Morgan fingerprint density at radius 2 is 1.73 bits per heavy atom. The van der Waals surface area contributed by atoms with Crippen LogP contribution >= 0.6 is 0 Å². The maximum atomic E-state index is 12.6. The molecule has 2 aromatic carbocycles.